The minimum absolute atomic E-state index is 0.220. The van der Waals surface area contributed by atoms with Crippen molar-refractivity contribution in [2.75, 3.05) is 0 Å². The molecule has 3 aromatic rings. The molecule has 0 bridgehead atoms. The minimum atomic E-state index is 0.220. The van der Waals surface area contributed by atoms with Gasteiger partial charge in [-0.3, -0.25) is 4.79 Å². The van der Waals surface area contributed by atoms with Gasteiger partial charge in [-0.05, 0) is 67.7 Å². The van der Waals surface area contributed by atoms with Gasteiger partial charge in [-0.2, -0.15) is 4.52 Å². The van der Waals surface area contributed by atoms with Gasteiger partial charge in [0.25, 0.3) is 0 Å². The Balaban J connectivity index is 1.60. The summed E-state index contributed by atoms with van der Waals surface area (Å²) in [6, 6.07) is 6.89. The summed E-state index contributed by atoms with van der Waals surface area (Å²) < 4.78 is 1.85. The van der Waals surface area contributed by atoms with Gasteiger partial charge in [0.1, 0.15) is 0 Å². The molecule has 1 aromatic carbocycles. The Bertz CT molecular complexity index is 1050. The van der Waals surface area contributed by atoms with Crippen LogP contribution in [0.1, 0.15) is 61.6 Å². The number of carbonyl (C=O) groups excluding carboxylic acids is 1. The van der Waals surface area contributed by atoms with Crippen LogP contribution in [0, 0.1) is 19.8 Å². The van der Waals surface area contributed by atoms with Crippen LogP contribution in [0.3, 0.4) is 0 Å². The van der Waals surface area contributed by atoms with Gasteiger partial charge in [0, 0.05) is 29.5 Å². The third kappa shape index (κ3) is 2.86. The maximum absolute atomic E-state index is 13.2. The molecule has 0 spiro atoms. The number of hydrogen-bond acceptors (Lipinski definition) is 4. The van der Waals surface area contributed by atoms with E-state index in [0.717, 1.165) is 53.4 Å². The third-order valence-electron chi connectivity index (χ3n) is 6.62. The lowest BCUT2D eigenvalue weighted by Crippen LogP contribution is -2.43. The van der Waals surface area contributed by atoms with E-state index in [1.165, 1.54) is 24.8 Å². The van der Waals surface area contributed by atoms with Crippen molar-refractivity contribution in [1.29, 1.82) is 0 Å². The molecule has 6 nitrogen and oxygen atoms in total. The van der Waals surface area contributed by atoms with Crippen LogP contribution in [0.25, 0.3) is 16.6 Å². The summed E-state index contributed by atoms with van der Waals surface area (Å²) in [5.41, 5.74) is 5.25. The fraction of sp³-hybridized carbons (Fsp3) is 0.545. The highest BCUT2D eigenvalue weighted by atomic mass is 16.2. The highest BCUT2D eigenvalue weighted by Crippen LogP contribution is 2.34. The number of amides is 1. The highest BCUT2D eigenvalue weighted by Gasteiger charge is 2.34. The average molecular weight is 377 g/mol. The van der Waals surface area contributed by atoms with Crippen LogP contribution in [0.15, 0.2) is 18.2 Å². The number of pyridine rings is 1. The van der Waals surface area contributed by atoms with E-state index in [2.05, 4.69) is 52.5 Å². The summed E-state index contributed by atoms with van der Waals surface area (Å²) in [6.07, 6.45) is 7.94. The first-order valence-corrected chi connectivity index (χ1v) is 10.5. The number of nitrogens with zero attached hydrogens (tertiary/aromatic N) is 5. The number of fused-ring (bicyclic) bond motifs is 3. The quantitative estimate of drug-likeness (QED) is 0.690. The first-order valence-electron chi connectivity index (χ1n) is 10.5. The molecule has 5 rings (SSSR count). The van der Waals surface area contributed by atoms with Crippen molar-refractivity contribution in [3.8, 4) is 0 Å². The minimum Gasteiger partial charge on any atom is -0.335 e. The number of rotatable bonds is 4. The summed E-state index contributed by atoms with van der Waals surface area (Å²) in [4.78, 5) is 15.4. The summed E-state index contributed by atoms with van der Waals surface area (Å²) in [6.45, 7) is 4.81. The van der Waals surface area contributed by atoms with Gasteiger partial charge < -0.3 is 4.90 Å². The van der Waals surface area contributed by atoms with Crippen molar-refractivity contribution in [2.24, 2.45) is 5.92 Å². The summed E-state index contributed by atoms with van der Waals surface area (Å²) >= 11 is 0. The zero-order valence-electron chi connectivity index (χ0n) is 16.7. The smallest absolute Gasteiger partial charge is 0.226 e. The van der Waals surface area contributed by atoms with E-state index in [-0.39, 0.29) is 5.92 Å². The molecule has 2 heterocycles. The molecule has 28 heavy (non-hydrogen) atoms. The number of benzene rings is 1. The molecule has 2 aliphatic rings. The Morgan fingerprint density at radius 3 is 2.61 bits per heavy atom. The molecule has 2 saturated carbocycles. The van der Waals surface area contributed by atoms with Crippen LogP contribution in [-0.2, 0) is 11.3 Å². The Hall–Kier alpha value is -2.50. The molecule has 0 radical (unpaired) electrons. The number of aryl methyl sites for hydroxylation is 2. The van der Waals surface area contributed by atoms with E-state index in [1.807, 2.05) is 4.52 Å². The van der Waals surface area contributed by atoms with E-state index in [4.69, 9.17) is 0 Å². The molecule has 2 aromatic heterocycles. The monoisotopic (exact) mass is 377 g/mol. The molecule has 2 fully saturated rings. The van der Waals surface area contributed by atoms with E-state index < -0.39 is 0 Å². The van der Waals surface area contributed by atoms with Gasteiger partial charge in [0.15, 0.2) is 5.65 Å². The molecule has 0 saturated heterocycles. The maximum Gasteiger partial charge on any atom is 0.226 e. The molecule has 146 valence electrons. The zero-order valence-corrected chi connectivity index (χ0v) is 16.7. The highest BCUT2D eigenvalue weighted by molar-refractivity contribution is 5.87. The summed E-state index contributed by atoms with van der Waals surface area (Å²) in [5, 5.41) is 13.7. The van der Waals surface area contributed by atoms with Gasteiger partial charge >= 0.3 is 0 Å². The Kier molecular flexibility index (Phi) is 4.29. The second kappa shape index (κ2) is 6.83. The van der Waals surface area contributed by atoms with Crippen LogP contribution < -0.4 is 0 Å². The molecule has 2 aliphatic carbocycles. The van der Waals surface area contributed by atoms with Crippen molar-refractivity contribution in [1.82, 2.24) is 24.9 Å². The van der Waals surface area contributed by atoms with Gasteiger partial charge in [-0.25, -0.2) is 0 Å². The predicted octanol–water partition coefficient (Wildman–Crippen LogP) is 3.97. The van der Waals surface area contributed by atoms with Gasteiger partial charge in [-0.1, -0.05) is 30.9 Å². The van der Waals surface area contributed by atoms with E-state index in [0.29, 0.717) is 18.5 Å². The standard InChI is InChI=1S/C22H27N5O/c1-14-10-15(2)20-17(11-14)12-18(21-23-24-25-27(20)21)13-26(19-8-3-4-9-19)22(28)16-6-5-7-16/h10-12,16,19H,3-9,13H2,1-2H3. The average Bonchev–Trinajstić information content (AvgIpc) is 3.28. The Labute approximate surface area is 164 Å². The van der Waals surface area contributed by atoms with Gasteiger partial charge in [0.05, 0.1) is 5.52 Å². The normalized spacial score (nSPS) is 18.1. The van der Waals surface area contributed by atoms with Crippen LogP contribution in [0.5, 0.6) is 0 Å². The van der Waals surface area contributed by atoms with E-state index >= 15 is 0 Å². The molecular weight excluding hydrogens is 350 g/mol. The van der Waals surface area contributed by atoms with Crippen molar-refractivity contribution >= 4 is 22.5 Å². The molecule has 6 heteroatoms. The first-order chi connectivity index (χ1) is 13.6. The van der Waals surface area contributed by atoms with E-state index in [9.17, 15) is 4.79 Å². The van der Waals surface area contributed by atoms with Crippen molar-refractivity contribution in [3.05, 3.63) is 34.9 Å². The molecule has 0 aliphatic heterocycles. The number of carbonyl (C=O) groups is 1. The lowest BCUT2D eigenvalue weighted by atomic mass is 9.84. The Morgan fingerprint density at radius 2 is 1.89 bits per heavy atom. The number of tetrazole rings is 1. The van der Waals surface area contributed by atoms with Crippen molar-refractivity contribution in [3.63, 3.8) is 0 Å². The molecule has 0 unspecified atom stereocenters. The summed E-state index contributed by atoms with van der Waals surface area (Å²) in [5.74, 6) is 0.557. The Morgan fingerprint density at radius 1 is 1.11 bits per heavy atom. The maximum atomic E-state index is 13.2. The lowest BCUT2D eigenvalue weighted by Gasteiger charge is -2.35. The van der Waals surface area contributed by atoms with Crippen LogP contribution in [-0.4, -0.2) is 36.9 Å². The molecule has 0 atom stereocenters. The van der Waals surface area contributed by atoms with Crippen molar-refractivity contribution < 1.29 is 4.79 Å². The van der Waals surface area contributed by atoms with Crippen LogP contribution in [0.2, 0.25) is 0 Å². The SMILES string of the molecule is Cc1cc(C)c2c(c1)cc(CN(C(=O)C1CCC1)C1CCCC1)c1nnnn12. The number of aromatic nitrogens is 4. The zero-order chi connectivity index (χ0) is 19.3. The fourth-order valence-electron chi connectivity index (χ4n) is 4.97. The number of hydrogen-bond donors (Lipinski definition) is 0. The second-order valence-electron chi connectivity index (χ2n) is 8.64. The summed E-state index contributed by atoms with van der Waals surface area (Å²) in [7, 11) is 0. The lowest BCUT2D eigenvalue weighted by molar-refractivity contribution is -0.141. The van der Waals surface area contributed by atoms with Gasteiger partial charge in [-0.15, -0.1) is 5.10 Å². The fourth-order valence-corrected chi connectivity index (χ4v) is 4.97. The topological polar surface area (TPSA) is 63.4 Å². The van der Waals surface area contributed by atoms with Crippen LogP contribution in [0.4, 0.5) is 0 Å². The van der Waals surface area contributed by atoms with Crippen molar-refractivity contribution in [2.45, 2.75) is 71.4 Å². The molecule has 1 amide bonds. The van der Waals surface area contributed by atoms with Gasteiger partial charge in [0.2, 0.25) is 5.91 Å². The van der Waals surface area contributed by atoms with E-state index in [1.54, 1.807) is 0 Å². The van der Waals surface area contributed by atoms with Crippen LogP contribution >= 0.6 is 0 Å². The molecular formula is C22H27N5O. The largest absolute Gasteiger partial charge is 0.335 e. The second-order valence-corrected chi connectivity index (χ2v) is 8.64. The first kappa shape index (κ1) is 17.6. The predicted molar refractivity (Wildman–Crippen MR) is 108 cm³/mol. The third-order valence-corrected chi connectivity index (χ3v) is 6.62. The molecule has 0 N–H and O–H groups in total.